The fourth-order valence-corrected chi connectivity index (χ4v) is 13.2. The first-order valence-corrected chi connectivity index (χ1v) is 17.9. The average Bonchev–Trinajstić information content (AvgIpc) is 3.38. The first-order valence-electron chi connectivity index (χ1n) is 16.3. The van der Waals surface area contributed by atoms with Crippen molar-refractivity contribution in [3.05, 3.63) is 12.2 Å². The number of carbonyl (C=O) groups excluding carboxylic acids is 2. The Morgan fingerprint density at radius 3 is 2.12 bits per heavy atom. The number of sulfonamides is 1. The maximum absolute atomic E-state index is 14.7. The molecule has 0 amide bonds. The molecule has 5 atom stereocenters. The lowest BCUT2D eigenvalue weighted by molar-refractivity contribution is -0.173. The number of carbonyl (C=O) groups is 2. The smallest absolute Gasteiger partial charge is 0.320 e. The number of allylic oxidation sites excluding steroid dienone is 1. The minimum Gasteiger partial charge on any atom is -0.461 e. The van der Waals surface area contributed by atoms with Gasteiger partial charge in [0, 0.05) is 23.9 Å². The summed E-state index contributed by atoms with van der Waals surface area (Å²) in [6.07, 6.45) is 14.6. The van der Waals surface area contributed by atoms with E-state index >= 15 is 0 Å². The van der Waals surface area contributed by atoms with Gasteiger partial charge in [-0.15, -0.1) is 0 Å². The number of hydrogen-bond acceptors (Lipinski definition) is 5. The quantitative estimate of drug-likeness (QED) is 0.192. The Kier molecular flexibility index (Phi) is 7.17. The molecule has 6 saturated carbocycles. The van der Waals surface area contributed by atoms with E-state index in [1.807, 2.05) is 4.31 Å². The van der Waals surface area contributed by atoms with Crippen molar-refractivity contribution in [3.63, 3.8) is 0 Å². The largest absolute Gasteiger partial charge is 0.461 e. The molecule has 0 N–H and O–H groups in total. The molecule has 6 rings (SSSR count). The molecule has 0 heterocycles. The third-order valence-electron chi connectivity index (χ3n) is 13.1. The summed E-state index contributed by atoms with van der Waals surface area (Å²) in [5.74, 6) is -0.0522. The number of ketones is 1. The van der Waals surface area contributed by atoms with Crippen molar-refractivity contribution in [2.24, 2.45) is 27.6 Å². The second-order valence-corrected chi connectivity index (χ2v) is 17.3. The van der Waals surface area contributed by atoms with E-state index in [1.165, 1.54) is 12.8 Å². The zero-order valence-electron chi connectivity index (χ0n) is 25.1. The second-order valence-electron chi connectivity index (χ2n) is 15.4. The van der Waals surface area contributed by atoms with Gasteiger partial charge in [-0.3, -0.25) is 9.59 Å². The van der Waals surface area contributed by atoms with Crippen molar-refractivity contribution in [2.75, 3.05) is 5.75 Å². The molecule has 0 aliphatic heterocycles. The summed E-state index contributed by atoms with van der Waals surface area (Å²) >= 11 is 0. The van der Waals surface area contributed by atoms with E-state index in [0.717, 1.165) is 76.2 Å². The van der Waals surface area contributed by atoms with Crippen molar-refractivity contribution in [1.29, 1.82) is 0 Å². The Bertz CT molecular complexity index is 1150. The molecule has 1 unspecified atom stereocenters. The van der Waals surface area contributed by atoms with Crippen LogP contribution in [0.3, 0.4) is 0 Å². The van der Waals surface area contributed by atoms with Crippen molar-refractivity contribution in [2.45, 2.75) is 148 Å². The minimum absolute atomic E-state index is 0.0153. The molecule has 0 aromatic rings. The maximum atomic E-state index is 14.7. The monoisotopic (exact) mass is 573 g/mol. The van der Waals surface area contributed by atoms with Crippen LogP contribution in [0.15, 0.2) is 12.2 Å². The Hall–Kier alpha value is -1.21. The average molecular weight is 574 g/mol. The third kappa shape index (κ3) is 4.29. The molecule has 0 spiro atoms. The molecule has 7 heteroatoms. The van der Waals surface area contributed by atoms with Crippen molar-refractivity contribution in [3.8, 4) is 0 Å². The van der Waals surface area contributed by atoms with E-state index in [4.69, 9.17) is 4.74 Å². The van der Waals surface area contributed by atoms with E-state index in [-0.39, 0.29) is 34.4 Å². The standard InChI is InChI=1S/C33H51NO5S/c1-23-20-32(21-31(23,4)17-16-27(32)35)29(36)39-28-19-24-15-18-33(28,30(24,2)3)22-40(37,38)34(25-11-7-5-8-12-25)26-13-9-6-10-14-26/h24-26,28H,1,5-22H2,2-4H3/t24-,28?,31-,32+,33-/m1/s1. The maximum Gasteiger partial charge on any atom is 0.320 e. The van der Waals surface area contributed by atoms with Crippen molar-refractivity contribution >= 4 is 21.8 Å². The fraction of sp³-hybridized carbons (Fsp3) is 0.879. The second kappa shape index (κ2) is 9.92. The molecule has 0 saturated heterocycles. The molecule has 0 radical (unpaired) electrons. The molecular formula is C33H51NO5S. The zero-order valence-corrected chi connectivity index (χ0v) is 26.0. The molecule has 6 fully saturated rings. The Morgan fingerprint density at radius 1 is 0.950 bits per heavy atom. The van der Waals surface area contributed by atoms with E-state index < -0.39 is 32.9 Å². The van der Waals surface area contributed by atoms with Gasteiger partial charge in [-0.05, 0) is 81.0 Å². The number of nitrogens with zero attached hydrogens (tertiary/aromatic N) is 1. The molecule has 4 bridgehead atoms. The van der Waals surface area contributed by atoms with Gasteiger partial charge in [0.1, 0.15) is 11.5 Å². The van der Waals surface area contributed by atoms with E-state index in [9.17, 15) is 18.0 Å². The normalized spacial score (nSPS) is 40.2. The minimum atomic E-state index is -3.59. The third-order valence-corrected chi connectivity index (χ3v) is 15.2. The van der Waals surface area contributed by atoms with Crippen molar-refractivity contribution < 1.29 is 22.7 Å². The van der Waals surface area contributed by atoms with Gasteiger partial charge >= 0.3 is 5.97 Å². The van der Waals surface area contributed by atoms with Gasteiger partial charge in [-0.25, -0.2) is 8.42 Å². The molecule has 6 aliphatic carbocycles. The highest BCUT2D eigenvalue weighted by atomic mass is 32.2. The van der Waals surface area contributed by atoms with Crippen LogP contribution in [0.4, 0.5) is 0 Å². The first kappa shape index (κ1) is 28.9. The predicted octanol–water partition coefficient (Wildman–Crippen LogP) is 6.73. The lowest BCUT2D eigenvalue weighted by Gasteiger charge is -2.46. The van der Waals surface area contributed by atoms with Crippen LogP contribution in [-0.4, -0.2) is 48.4 Å². The van der Waals surface area contributed by atoms with Crippen LogP contribution in [0.2, 0.25) is 0 Å². The van der Waals surface area contributed by atoms with Gasteiger partial charge in [-0.2, -0.15) is 4.31 Å². The van der Waals surface area contributed by atoms with Gasteiger partial charge in [0.2, 0.25) is 10.0 Å². The van der Waals surface area contributed by atoms with E-state index in [1.54, 1.807) is 0 Å². The number of esters is 1. The van der Waals surface area contributed by atoms with Crippen LogP contribution in [-0.2, 0) is 24.3 Å². The Balaban J connectivity index is 1.30. The highest BCUT2D eigenvalue weighted by molar-refractivity contribution is 7.89. The van der Waals surface area contributed by atoms with Gasteiger partial charge in [0.25, 0.3) is 0 Å². The SMILES string of the molecule is C=C1C[C@]2(C(=O)OC3C[C@H]4CC[C@]3(CS(=O)(=O)N(C3CCCCC3)C3CCCCC3)C4(C)C)C[C@@]1(C)CCC2=O. The van der Waals surface area contributed by atoms with Crippen LogP contribution in [0.25, 0.3) is 0 Å². The van der Waals surface area contributed by atoms with Crippen LogP contribution in [0.5, 0.6) is 0 Å². The Labute approximate surface area is 242 Å². The van der Waals surface area contributed by atoms with Gasteiger partial charge in [0.15, 0.2) is 5.78 Å². The van der Waals surface area contributed by atoms with Gasteiger partial charge in [-0.1, -0.05) is 71.4 Å². The van der Waals surface area contributed by atoms with E-state index in [0.29, 0.717) is 31.6 Å². The van der Waals surface area contributed by atoms with Crippen LogP contribution >= 0.6 is 0 Å². The molecule has 0 aromatic heterocycles. The summed E-state index contributed by atoms with van der Waals surface area (Å²) in [7, 11) is -3.59. The Morgan fingerprint density at radius 2 is 1.55 bits per heavy atom. The van der Waals surface area contributed by atoms with Gasteiger partial charge in [0.05, 0.1) is 5.75 Å². The summed E-state index contributed by atoms with van der Waals surface area (Å²) in [4.78, 5) is 27.3. The number of fused-ring (bicyclic) bond motifs is 4. The van der Waals surface area contributed by atoms with Crippen molar-refractivity contribution in [1.82, 2.24) is 4.31 Å². The van der Waals surface area contributed by atoms with Crippen LogP contribution in [0, 0.1) is 27.6 Å². The van der Waals surface area contributed by atoms with E-state index in [2.05, 4.69) is 27.4 Å². The summed E-state index contributed by atoms with van der Waals surface area (Å²) in [6, 6.07) is 0.198. The summed E-state index contributed by atoms with van der Waals surface area (Å²) in [5, 5.41) is 0. The molecule has 224 valence electrons. The van der Waals surface area contributed by atoms with Gasteiger partial charge < -0.3 is 4.74 Å². The molecule has 6 aliphatic rings. The highest BCUT2D eigenvalue weighted by Gasteiger charge is 2.69. The fourth-order valence-electron chi connectivity index (χ4n) is 10.4. The van der Waals surface area contributed by atoms with Crippen LogP contribution in [0.1, 0.15) is 130 Å². The summed E-state index contributed by atoms with van der Waals surface area (Å²) in [6.45, 7) is 10.8. The molecule has 6 nitrogen and oxygen atoms in total. The topological polar surface area (TPSA) is 80.8 Å². The molecular weight excluding hydrogens is 522 g/mol. The number of hydrogen-bond donors (Lipinski definition) is 0. The zero-order chi connectivity index (χ0) is 28.6. The number of Topliss-reactive ketones (excluding diaryl/α,β-unsaturated/α-hetero) is 1. The lowest BCUT2D eigenvalue weighted by Crippen LogP contribution is -2.55. The lowest BCUT2D eigenvalue weighted by atomic mass is 9.68. The summed E-state index contributed by atoms with van der Waals surface area (Å²) < 4.78 is 37.8. The highest BCUT2D eigenvalue weighted by Crippen LogP contribution is 2.68. The molecule has 0 aromatic carbocycles. The first-order chi connectivity index (χ1) is 18.8. The van der Waals surface area contributed by atoms with Crippen LogP contribution < -0.4 is 0 Å². The summed E-state index contributed by atoms with van der Waals surface area (Å²) in [5.41, 5.74) is -1.22. The molecule has 40 heavy (non-hydrogen) atoms. The predicted molar refractivity (Wildman–Crippen MR) is 156 cm³/mol. The number of rotatable bonds is 7. The number of ether oxygens (including phenoxy) is 1.